The molecule has 0 bridgehead atoms. The summed E-state index contributed by atoms with van der Waals surface area (Å²) in [5, 5.41) is 19.1. The smallest absolute Gasteiger partial charge is 0.407 e. The van der Waals surface area contributed by atoms with Gasteiger partial charge in [-0.1, -0.05) is 30.3 Å². The number of likely N-dealkylation sites (tertiary alicyclic amines) is 1. The van der Waals surface area contributed by atoms with E-state index in [2.05, 4.69) is 0 Å². The predicted octanol–water partition coefficient (Wildman–Crippen LogP) is 0.590. The van der Waals surface area contributed by atoms with Gasteiger partial charge in [0.1, 0.15) is 6.10 Å². The monoisotopic (exact) mass is 308 g/mol. The van der Waals surface area contributed by atoms with E-state index in [1.54, 1.807) is 30.3 Å². The van der Waals surface area contributed by atoms with E-state index in [1.807, 2.05) is 0 Å². The van der Waals surface area contributed by atoms with Crippen molar-refractivity contribution >= 4 is 12.1 Å². The summed E-state index contributed by atoms with van der Waals surface area (Å²) in [4.78, 5) is 24.3. The van der Waals surface area contributed by atoms with Crippen molar-refractivity contribution in [2.24, 2.45) is 11.7 Å². The number of benzene rings is 1. The Labute approximate surface area is 128 Å². The van der Waals surface area contributed by atoms with Gasteiger partial charge in [0.2, 0.25) is 0 Å². The maximum absolute atomic E-state index is 12.1. The van der Waals surface area contributed by atoms with Gasteiger partial charge in [0.25, 0.3) is 0 Å². The molecule has 120 valence electrons. The number of nitrogens with two attached hydrogens (primary N) is 1. The lowest BCUT2D eigenvalue weighted by Gasteiger charge is -2.36. The Hall–Kier alpha value is -2.12. The van der Waals surface area contributed by atoms with Crippen molar-refractivity contribution in [3.05, 3.63) is 35.9 Å². The van der Waals surface area contributed by atoms with Crippen LogP contribution in [-0.2, 0) is 9.53 Å². The van der Waals surface area contributed by atoms with Crippen LogP contribution in [0.1, 0.15) is 18.1 Å². The molecule has 1 amide bonds. The third-order valence-corrected chi connectivity index (χ3v) is 3.88. The summed E-state index contributed by atoms with van der Waals surface area (Å²) < 4.78 is 5.32. The minimum Gasteiger partial charge on any atom is -0.465 e. The standard InChI is InChI=1S/C15H20N2O5/c16-8-11-6-7-17(15(20)21)9-12(11)22-14(19)13(18)10-4-2-1-3-5-10/h1-5,11-13,18H,6-9,16H2,(H,20,21)/t11-,12+,13?/m0/s1. The molecule has 1 aromatic carbocycles. The maximum atomic E-state index is 12.1. The van der Waals surface area contributed by atoms with Crippen molar-refractivity contribution in [1.82, 2.24) is 4.90 Å². The summed E-state index contributed by atoms with van der Waals surface area (Å²) in [6, 6.07) is 8.44. The molecule has 3 atom stereocenters. The second-order valence-corrected chi connectivity index (χ2v) is 5.30. The Bertz CT molecular complexity index is 522. The van der Waals surface area contributed by atoms with E-state index >= 15 is 0 Å². The molecule has 7 heteroatoms. The summed E-state index contributed by atoms with van der Waals surface area (Å²) >= 11 is 0. The normalized spacial score (nSPS) is 22.9. The van der Waals surface area contributed by atoms with Gasteiger partial charge in [-0.3, -0.25) is 0 Å². The lowest BCUT2D eigenvalue weighted by atomic mass is 9.94. The van der Waals surface area contributed by atoms with Crippen LogP contribution in [0.4, 0.5) is 4.79 Å². The number of ether oxygens (including phenoxy) is 1. The quantitative estimate of drug-likeness (QED) is 0.702. The number of rotatable bonds is 4. The van der Waals surface area contributed by atoms with Crippen molar-refractivity contribution in [3.63, 3.8) is 0 Å². The minimum absolute atomic E-state index is 0.0739. The van der Waals surface area contributed by atoms with Crippen LogP contribution in [0, 0.1) is 5.92 Å². The largest absolute Gasteiger partial charge is 0.465 e. The molecule has 0 aromatic heterocycles. The van der Waals surface area contributed by atoms with Crippen molar-refractivity contribution in [2.45, 2.75) is 18.6 Å². The van der Waals surface area contributed by atoms with Gasteiger partial charge in [-0.25, -0.2) is 9.59 Å². The third-order valence-electron chi connectivity index (χ3n) is 3.88. The van der Waals surface area contributed by atoms with Gasteiger partial charge in [-0.15, -0.1) is 0 Å². The Morgan fingerprint density at radius 3 is 2.64 bits per heavy atom. The van der Waals surface area contributed by atoms with Crippen molar-refractivity contribution in [1.29, 1.82) is 0 Å². The number of hydrogen-bond acceptors (Lipinski definition) is 5. The minimum atomic E-state index is -1.39. The SMILES string of the molecule is NC[C@@H]1CCN(C(=O)O)C[C@H]1OC(=O)C(O)c1ccccc1. The van der Waals surface area contributed by atoms with Crippen LogP contribution in [0.25, 0.3) is 0 Å². The number of carbonyl (C=O) groups is 2. The highest BCUT2D eigenvalue weighted by Crippen LogP contribution is 2.22. The molecule has 0 aliphatic carbocycles. The van der Waals surface area contributed by atoms with Crippen molar-refractivity contribution < 1.29 is 24.5 Å². The van der Waals surface area contributed by atoms with Crippen LogP contribution in [0.15, 0.2) is 30.3 Å². The highest BCUT2D eigenvalue weighted by Gasteiger charge is 2.34. The molecule has 1 aliphatic rings. The van der Waals surface area contributed by atoms with Crippen LogP contribution in [-0.4, -0.2) is 52.9 Å². The number of aliphatic hydroxyl groups is 1. The maximum Gasteiger partial charge on any atom is 0.407 e. The number of carbonyl (C=O) groups excluding carboxylic acids is 1. The van der Waals surface area contributed by atoms with E-state index in [-0.39, 0.29) is 12.5 Å². The molecular formula is C15H20N2O5. The summed E-state index contributed by atoms with van der Waals surface area (Å²) in [5.74, 6) is -0.899. The Balaban J connectivity index is 2.03. The van der Waals surface area contributed by atoms with Gasteiger partial charge >= 0.3 is 12.1 Å². The Morgan fingerprint density at radius 1 is 1.36 bits per heavy atom. The summed E-state index contributed by atoms with van der Waals surface area (Å²) in [5.41, 5.74) is 6.09. The molecular weight excluding hydrogens is 288 g/mol. The average molecular weight is 308 g/mol. The molecule has 1 saturated heterocycles. The number of piperidine rings is 1. The number of esters is 1. The lowest BCUT2D eigenvalue weighted by molar-refractivity contribution is -0.165. The molecule has 2 rings (SSSR count). The Kier molecular flexibility index (Phi) is 5.35. The van der Waals surface area contributed by atoms with Crippen molar-refractivity contribution in [2.75, 3.05) is 19.6 Å². The fourth-order valence-corrected chi connectivity index (χ4v) is 2.53. The zero-order valence-corrected chi connectivity index (χ0v) is 12.1. The summed E-state index contributed by atoms with van der Waals surface area (Å²) in [6.07, 6.45) is -2.55. The van der Waals surface area contributed by atoms with Crippen LogP contribution in [0.2, 0.25) is 0 Å². The van der Waals surface area contributed by atoms with Crippen molar-refractivity contribution in [3.8, 4) is 0 Å². The Morgan fingerprint density at radius 2 is 2.05 bits per heavy atom. The van der Waals surface area contributed by atoms with Gasteiger partial charge in [0, 0.05) is 12.5 Å². The molecule has 22 heavy (non-hydrogen) atoms. The molecule has 0 saturated carbocycles. The van der Waals surface area contributed by atoms with Crippen LogP contribution in [0.5, 0.6) is 0 Å². The first-order valence-electron chi connectivity index (χ1n) is 7.14. The molecule has 1 aliphatic heterocycles. The molecule has 7 nitrogen and oxygen atoms in total. The van der Waals surface area contributed by atoms with Gasteiger partial charge in [0.05, 0.1) is 6.54 Å². The first-order chi connectivity index (χ1) is 10.5. The molecule has 1 aromatic rings. The first kappa shape index (κ1) is 16.3. The second kappa shape index (κ2) is 7.24. The highest BCUT2D eigenvalue weighted by molar-refractivity contribution is 5.76. The van der Waals surface area contributed by atoms with E-state index in [9.17, 15) is 14.7 Å². The van der Waals surface area contributed by atoms with Gasteiger partial charge in [-0.2, -0.15) is 0 Å². The van der Waals surface area contributed by atoms with E-state index < -0.39 is 24.3 Å². The zero-order chi connectivity index (χ0) is 16.1. The average Bonchev–Trinajstić information content (AvgIpc) is 2.54. The van der Waals surface area contributed by atoms with E-state index in [0.29, 0.717) is 25.1 Å². The number of aliphatic hydroxyl groups excluding tert-OH is 1. The molecule has 4 N–H and O–H groups in total. The molecule has 1 fully saturated rings. The molecule has 0 radical (unpaired) electrons. The third kappa shape index (κ3) is 3.75. The fourth-order valence-electron chi connectivity index (χ4n) is 2.53. The van der Waals surface area contributed by atoms with Gasteiger partial charge < -0.3 is 25.6 Å². The van der Waals surface area contributed by atoms with Gasteiger partial charge in [-0.05, 0) is 18.5 Å². The van der Waals surface area contributed by atoms with E-state index in [0.717, 1.165) is 0 Å². The summed E-state index contributed by atoms with van der Waals surface area (Å²) in [7, 11) is 0. The summed E-state index contributed by atoms with van der Waals surface area (Å²) in [6.45, 7) is 0.740. The van der Waals surface area contributed by atoms with E-state index in [4.69, 9.17) is 15.6 Å². The molecule has 1 unspecified atom stereocenters. The number of carboxylic acid groups (broad SMARTS) is 1. The fraction of sp³-hybridized carbons (Fsp3) is 0.467. The number of nitrogens with zero attached hydrogens (tertiary/aromatic N) is 1. The van der Waals surface area contributed by atoms with Crippen LogP contribution >= 0.6 is 0 Å². The molecule has 1 heterocycles. The van der Waals surface area contributed by atoms with E-state index in [1.165, 1.54) is 4.90 Å². The first-order valence-corrected chi connectivity index (χ1v) is 7.14. The van der Waals surface area contributed by atoms with Crippen LogP contribution in [0.3, 0.4) is 0 Å². The predicted molar refractivity (Wildman–Crippen MR) is 78.0 cm³/mol. The number of amides is 1. The van der Waals surface area contributed by atoms with Gasteiger partial charge in [0.15, 0.2) is 6.10 Å². The lowest BCUT2D eigenvalue weighted by Crippen LogP contribution is -2.50. The topological polar surface area (TPSA) is 113 Å². The highest BCUT2D eigenvalue weighted by atomic mass is 16.6. The molecule has 0 spiro atoms. The zero-order valence-electron chi connectivity index (χ0n) is 12.1. The second-order valence-electron chi connectivity index (χ2n) is 5.30. The van der Waals surface area contributed by atoms with Crippen LogP contribution < -0.4 is 5.73 Å². The number of hydrogen-bond donors (Lipinski definition) is 3.